The van der Waals surface area contributed by atoms with Gasteiger partial charge in [0.2, 0.25) is 5.91 Å². The molecule has 0 aliphatic carbocycles. The third-order valence-electron chi connectivity index (χ3n) is 3.65. The Morgan fingerprint density at radius 2 is 2.00 bits per heavy atom. The van der Waals surface area contributed by atoms with Gasteiger partial charge >= 0.3 is 0 Å². The van der Waals surface area contributed by atoms with Crippen molar-refractivity contribution in [2.24, 2.45) is 0 Å². The van der Waals surface area contributed by atoms with E-state index in [-0.39, 0.29) is 5.91 Å². The first-order valence-electron chi connectivity index (χ1n) is 6.32. The third kappa shape index (κ3) is 2.11. The molecule has 6 heteroatoms. The molecule has 1 heterocycles. The van der Waals surface area contributed by atoms with E-state index in [1.165, 1.54) is 21.9 Å². The number of carbonyl (C=O) groups excluding carboxylic acids is 2. The lowest BCUT2D eigenvalue weighted by Crippen LogP contribution is -2.63. The van der Waals surface area contributed by atoms with Crippen molar-refractivity contribution in [1.29, 1.82) is 0 Å². The fourth-order valence-corrected chi connectivity index (χ4v) is 2.43. The Morgan fingerprint density at radius 3 is 2.60 bits per heavy atom. The monoisotopic (exact) mass is 280 g/mol. The summed E-state index contributed by atoms with van der Waals surface area (Å²) in [4.78, 5) is 27.4. The average molecular weight is 280 g/mol. The van der Waals surface area contributed by atoms with Crippen molar-refractivity contribution in [1.82, 2.24) is 9.80 Å². The highest BCUT2D eigenvalue weighted by Crippen LogP contribution is 2.28. The highest BCUT2D eigenvalue weighted by molar-refractivity contribution is 6.01. The second-order valence-corrected chi connectivity index (χ2v) is 5.38. The second-order valence-electron chi connectivity index (χ2n) is 5.38. The molecule has 0 unspecified atom stereocenters. The Kier molecular flexibility index (Phi) is 3.41. The molecule has 1 aliphatic heterocycles. The van der Waals surface area contributed by atoms with Gasteiger partial charge < -0.3 is 14.9 Å². The maximum absolute atomic E-state index is 13.8. The maximum atomic E-state index is 13.8. The summed E-state index contributed by atoms with van der Waals surface area (Å²) in [7, 11) is 1.66. The number of phenolic OH excluding ortho intramolecular Hbond substituents is 1. The van der Waals surface area contributed by atoms with Crippen LogP contribution < -0.4 is 0 Å². The molecule has 0 aromatic heterocycles. The van der Waals surface area contributed by atoms with Gasteiger partial charge in [-0.2, -0.15) is 0 Å². The molecule has 1 aromatic rings. The van der Waals surface area contributed by atoms with Gasteiger partial charge in [0.1, 0.15) is 22.7 Å². The number of hydrogen-bond acceptors (Lipinski definition) is 3. The molecule has 0 bridgehead atoms. The van der Waals surface area contributed by atoms with E-state index < -0.39 is 28.6 Å². The van der Waals surface area contributed by atoms with E-state index in [2.05, 4.69) is 0 Å². The van der Waals surface area contributed by atoms with Crippen LogP contribution in [0.1, 0.15) is 24.2 Å². The SMILES string of the molecule is CN1CCN(C(=O)c2c(O)cccc2F)C(C)(C)C1=O. The van der Waals surface area contributed by atoms with Gasteiger partial charge in [0.15, 0.2) is 0 Å². The zero-order valence-corrected chi connectivity index (χ0v) is 11.7. The minimum atomic E-state index is -1.07. The number of benzene rings is 1. The summed E-state index contributed by atoms with van der Waals surface area (Å²) in [5.41, 5.74) is -1.46. The molecule has 108 valence electrons. The Balaban J connectivity index is 2.41. The molecule has 1 aliphatic rings. The molecule has 0 radical (unpaired) electrons. The van der Waals surface area contributed by atoms with E-state index in [1.54, 1.807) is 20.9 Å². The van der Waals surface area contributed by atoms with Gasteiger partial charge in [-0.25, -0.2) is 4.39 Å². The maximum Gasteiger partial charge on any atom is 0.261 e. The van der Waals surface area contributed by atoms with E-state index >= 15 is 0 Å². The fourth-order valence-electron chi connectivity index (χ4n) is 2.43. The van der Waals surface area contributed by atoms with E-state index in [1.807, 2.05) is 0 Å². The standard InChI is InChI=1S/C14H17FN2O3/c1-14(2)13(20)16(3)7-8-17(14)12(19)11-9(15)5-4-6-10(11)18/h4-6,18H,7-8H2,1-3H3. The highest BCUT2D eigenvalue weighted by Gasteiger charge is 2.44. The lowest BCUT2D eigenvalue weighted by atomic mass is 9.96. The van der Waals surface area contributed by atoms with Gasteiger partial charge in [-0.15, -0.1) is 0 Å². The van der Waals surface area contributed by atoms with Gasteiger partial charge in [0.25, 0.3) is 5.91 Å². The second kappa shape index (κ2) is 4.77. The number of carbonyl (C=O) groups is 2. The molecule has 1 aromatic carbocycles. The number of amides is 2. The molecule has 5 nitrogen and oxygen atoms in total. The Labute approximate surface area is 116 Å². The fraction of sp³-hybridized carbons (Fsp3) is 0.429. The van der Waals surface area contributed by atoms with Gasteiger partial charge in [-0.05, 0) is 26.0 Å². The van der Waals surface area contributed by atoms with Crippen LogP contribution in [-0.2, 0) is 4.79 Å². The molecule has 2 amide bonds. The summed E-state index contributed by atoms with van der Waals surface area (Å²) in [5.74, 6) is -2.10. The topological polar surface area (TPSA) is 60.9 Å². The smallest absolute Gasteiger partial charge is 0.261 e. The van der Waals surface area contributed by atoms with Gasteiger partial charge in [0.05, 0.1) is 0 Å². The molecular formula is C14H17FN2O3. The minimum absolute atomic E-state index is 0.215. The molecule has 1 saturated heterocycles. The van der Waals surface area contributed by atoms with Crippen LogP contribution in [0.4, 0.5) is 4.39 Å². The van der Waals surface area contributed by atoms with Crippen LogP contribution in [0, 0.1) is 5.82 Å². The summed E-state index contributed by atoms with van der Waals surface area (Å²) >= 11 is 0. The molecule has 1 fully saturated rings. The van der Waals surface area contributed by atoms with Crippen molar-refractivity contribution in [3.05, 3.63) is 29.6 Å². The number of piperazine rings is 1. The van der Waals surface area contributed by atoms with Crippen LogP contribution in [0.25, 0.3) is 0 Å². The van der Waals surface area contributed by atoms with Gasteiger partial charge in [-0.3, -0.25) is 9.59 Å². The van der Waals surface area contributed by atoms with Crippen LogP contribution in [0.15, 0.2) is 18.2 Å². The number of rotatable bonds is 1. The summed E-state index contributed by atoms with van der Waals surface area (Å²) in [5, 5.41) is 9.70. The number of aromatic hydroxyl groups is 1. The molecule has 1 N–H and O–H groups in total. The summed E-state index contributed by atoms with van der Waals surface area (Å²) in [6, 6.07) is 3.68. The van der Waals surface area contributed by atoms with E-state index in [0.717, 1.165) is 6.07 Å². The van der Waals surface area contributed by atoms with Gasteiger partial charge in [-0.1, -0.05) is 6.07 Å². The predicted molar refractivity (Wildman–Crippen MR) is 70.8 cm³/mol. The zero-order valence-electron chi connectivity index (χ0n) is 11.7. The van der Waals surface area contributed by atoms with E-state index in [9.17, 15) is 19.1 Å². The first-order valence-corrected chi connectivity index (χ1v) is 6.32. The van der Waals surface area contributed by atoms with Crippen molar-refractivity contribution < 1.29 is 19.1 Å². The lowest BCUT2D eigenvalue weighted by molar-refractivity contribution is -0.144. The molecular weight excluding hydrogens is 263 g/mol. The van der Waals surface area contributed by atoms with E-state index in [0.29, 0.717) is 13.1 Å². The van der Waals surface area contributed by atoms with Crippen LogP contribution in [-0.4, -0.2) is 52.4 Å². The molecule has 0 atom stereocenters. The summed E-state index contributed by atoms with van der Waals surface area (Å²) in [6.45, 7) is 3.90. The van der Waals surface area contributed by atoms with Crippen LogP contribution in [0.2, 0.25) is 0 Å². The van der Waals surface area contributed by atoms with Crippen molar-refractivity contribution >= 4 is 11.8 Å². The molecule has 2 rings (SSSR count). The zero-order chi connectivity index (χ0) is 15.1. The van der Waals surface area contributed by atoms with Crippen molar-refractivity contribution in [3.63, 3.8) is 0 Å². The van der Waals surface area contributed by atoms with Crippen LogP contribution >= 0.6 is 0 Å². The first kappa shape index (κ1) is 14.3. The summed E-state index contributed by atoms with van der Waals surface area (Å²) in [6.07, 6.45) is 0. The number of nitrogens with zero attached hydrogens (tertiary/aromatic N) is 2. The average Bonchev–Trinajstić information content (AvgIpc) is 2.35. The lowest BCUT2D eigenvalue weighted by Gasteiger charge is -2.44. The largest absolute Gasteiger partial charge is 0.507 e. The normalized spacial score (nSPS) is 18.3. The molecule has 20 heavy (non-hydrogen) atoms. The van der Waals surface area contributed by atoms with Crippen LogP contribution in [0.3, 0.4) is 0 Å². The van der Waals surface area contributed by atoms with Gasteiger partial charge in [0, 0.05) is 20.1 Å². The van der Waals surface area contributed by atoms with Crippen molar-refractivity contribution in [3.8, 4) is 5.75 Å². The first-order chi connectivity index (χ1) is 9.26. The number of halogens is 1. The van der Waals surface area contributed by atoms with E-state index in [4.69, 9.17) is 0 Å². The van der Waals surface area contributed by atoms with Crippen molar-refractivity contribution in [2.75, 3.05) is 20.1 Å². The number of hydrogen-bond donors (Lipinski definition) is 1. The summed E-state index contributed by atoms with van der Waals surface area (Å²) < 4.78 is 13.8. The quantitative estimate of drug-likeness (QED) is 0.841. The number of phenols is 1. The third-order valence-corrected chi connectivity index (χ3v) is 3.65. The predicted octanol–water partition coefficient (Wildman–Crippen LogP) is 1.22. The van der Waals surface area contributed by atoms with Crippen LogP contribution in [0.5, 0.6) is 5.75 Å². The number of likely N-dealkylation sites (N-methyl/N-ethyl adjacent to an activating group) is 1. The Bertz CT molecular complexity index is 551. The molecule has 0 spiro atoms. The molecule has 0 saturated carbocycles. The Morgan fingerprint density at radius 1 is 1.35 bits per heavy atom. The van der Waals surface area contributed by atoms with Crippen molar-refractivity contribution in [2.45, 2.75) is 19.4 Å². The Hall–Kier alpha value is -2.11. The minimum Gasteiger partial charge on any atom is -0.507 e. The highest BCUT2D eigenvalue weighted by atomic mass is 19.1.